The summed E-state index contributed by atoms with van der Waals surface area (Å²) in [6.07, 6.45) is 0. The van der Waals surface area contributed by atoms with Gasteiger partial charge in [0.2, 0.25) is 11.9 Å². The first-order valence-electron chi connectivity index (χ1n) is 6.80. The molecule has 2 rings (SSSR count). The van der Waals surface area contributed by atoms with Crippen LogP contribution >= 0.6 is 0 Å². The molecule has 0 radical (unpaired) electrons. The first kappa shape index (κ1) is 14.7. The fraction of sp³-hybridized carbons (Fsp3) is 0.750. The van der Waals surface area contributed by atoms with E-state index in [1.54, 1.807) is 7.05 Å². The molecule has 1 fully saturated rings. The van der Waals surface area contributed by atoms with Crippen molar-refractivity contribution in [3.8, 4) is 6.01 Å². The van der Waals surface area contributed by atoms with E-state index < -0.39 is 0 Å². The maximum absolute atomic E-state index is 5.50. The average Bonchev–Trinajstić information content (AvgIpc) is 2.52. The molecule has 1 N–H and O–H groups in total. The van der Waals surface area contributed by atoms with Crippen LogP contribution in [0.25, 0.3) is 0 Å². The Kier molecular flexibility index (Phi) is 5.75. The smallest absolute Gasteiger partial charge is 0.323 e. The number of hydrogen-bond acceptors (Lipinski definition) is 8. The molecule has 0 saturated carbocycles. The van der Waals surface area contributed by atoms with E-state index in [2.05, 4.69) is 25.2 Å². The highest BCUT2D eigenvalue weighted by Gasteiger charge is 2.16. The Morgan fingerprint density at radius 1 is 1.20 bits per heavy atom. The molecule has 0 aromatic carbocycles. The van der Waals surface area contributed by atoms with Crippen LogP contribution in [0.4, 0.5) is 11.9 Å². The van der Waals surface area contributed by atoms with Crippen LogP contribution in [0.3, 0.4) is 0 Å². The summed E-state index contributed by atoms with van der Waals surface area (Å²) in [6.45, 7) is 6.45. The van der Waals surface area contributed by atoms with Crippen molar-refractivity contribution in [2.45, 2.75) is 6.92 Å². The quantitative estimate of drug-likeness (QED) is 0.709. The molecule has 8 heteroatoms. The molecule has 0 aliphatic carbocycles. The van der Waals surface area contributed by atoms with Crippen molar-refractivity contribution in [1.29, 1.82) is 0 Å². The number of nitrogens with zero attached hydrogens (tertiary/aromatic N) is 4. The monoisotopic (exact) mass is 283 g/mol. The minimum atomic E-state index is 0.311. The van der Waals surface area contributed by atoms with E-state index in [0.29, 0.717) is 50.9 Å². The van der Waals surface area contributed by atoms with Gasteiger partial charge >= 0.3 is 6.01 Å². The van der Waals surface area contributed by atoms with E-state index >= 15 is 0 Å². The van der Waals surface area contributed by atoms with Crippen molar-refractivity contribution >= 4 is 11.9 Å². The Bertz CT molecular complexity index is 412. The zero-order valence-electron chi connectivity index (χ0n) is 12.0. The highest BCUT2D eigenvalue weighted by molar-refractivity contribution is 5.38. The third kappa shape index (κ3) is 4.17. The van der Waals surface area contributed by atoms with E-state index in [4.69, 9.17) is 14.2 Å². The van der Waals surface area contributed by atoms with E-state index in [1.807, 2.05) is 6.92 Å². The van der Waals surface area contributed by atoms with Gasteiger partial charge in [0, 0.05) is 26.7 Å². The topological polar surface area (TPSA) is 81.6 Å². The lowest BCUT2D eigenvalue weighted by molar-refractivity contribution is 0.106. The highest BCUT2D eigenvalue weighted by atomic mass is 16.5. The average molecular weight is 283 g/mol. The van der Waals surface area contributed by atoms with Crippen LogP contribution in [-0.2, 0) is 9.47 Å². The van der Waals surface area contributed by atoms with Crippen LogP contribution in [0.1, 0.15) is 6.92 Å². The predicted molar refractivity (Wildman–Crippen MR) is 74.4 cm³/mol. The van der Waals surface area contributed by atoms with Gasteiger partial charge in [-0.2, -0.15) is 15.0 Å². The molecule has 1 aromatic heterocycles. The Labute approximate surface area is 118 Å². The van der Waals surface area contributed by atoms with Gasteiger partial charge in [-0.3, -0.25) is 0 Å². The number of ether oxygens (including phenoxy) is 3. The fourth-order valence-corrected chi connectivity index (χ4v) is 1.76. The minimum absolute atomic E-state index is 0.311. The fourth-order valence-electron chi connectivity index (χ4n) is 1.76. The molecule has 0 spiro atoms. The van der Waals surface area contributed by atoms with Crippen LogP contribution in [0.2, 0.25) is 0 Å². The van der Waals surface area contributed by atoms with Gasteiger partial charge in [-0.05, 0) is 6.92 Å². The SMILES string of the molecule is CCOCCOc1nc(NC)nc(N2CCOCC2)n1. The molecule has 0 amide bonds. The molecule has 112 valence electrons. The van der Waals surface area contributed by atoms with Crippen LogP contribution in [0, 0.1) is 0 Å². The minimum Gasteiger partial charge on any atom is -0.461 e. The molecule has 1 aliphatic rings. The van der Waals surface area contributed by atoms with Crippen molar-refractivity contribution < 1.29 is 14.2 Å². The summed E-state index contributed by atoms with van der Waals surface area (Å²) < 4.78 is 16.0. The number of morpholine rings is 1. The lowest BCUT2D eigenvalue weighted by Crippen LogP contribution is -2.37. The van der Waals surface area contributed by atoms with Crippen LogP contribution in [-0.4, -0.2) is 68.1 Å². The highest BCUT2D eigenvalue weighted by Crippen LogP contribution is 2.15. The zero-order valence-corrected chi connectivity index (χ0v) is 12.0. The van der Waals surface area contributed by atoms with Crippen LogP contribution in [0.5, 0.6) is 6.01 Å². The molecular weight excluding hydrogens is 262 g/mol. The third-order valence-corrected chi connectivity index (χ3v) is 2.78. The summed E-state index contributed by atoms with van der Waals surface area (Å²) in [7, 11) is 1.77. The molecule has 0 unspecified atom stereocenters. The molecule has 1 saturated heterocycles. The summed E-state index contributed by atoms with van der Waals surface area (Å²) in [4.78, 5) is 14.9. The molecule has 1 aliphatic heterocycles. The second kappa shape index (κ2) is 7.81. The number of rotatable bonds is 7. The van der Waals surface area contributed by atoms with Gasteiger partial charge in [0.05, 0.1) is 19.8 Å². The Morgan fingerprint density at radius 3 is 2.70 bits per heavy atom. The second-order valence-electron chi connectivity index (χ2n) is 4.14. The van der Waals surface area contributed by atoms with Gasteiger partial charge in [-0.15, -0.1) is 0 Å². The third-order valence-electron chi connectivity index (χ3n) is 2.78. The van der Waals surface area contributed by atoms with Gasteiger partial charge in [-0.25, -0.2) is 0 Å². The summed E-state index contributed by atoms with van der Waals surface area (Å²) in [6, 6.07) is 0.311. The van der Waals surface area contributed by atoms with Gasteiger partial charge < -0.3 is 24.4 Å². The molecule has 0 atom stereocenters. The van der Waals surface area contributed by atoms with Gasteiger partial charge in [0.15, 0.2) is 0 Å². The normalized spacial score (nSPS) is 15.2. The maximum Gasteiger partial charge on any atom is 0.323 e. The Morgan fingerprint density at radius 2 is 2.00 bits per heavy atom. The molecular formula is C12H21N5O3. The van der Waals surface area contributed by atoms with Crippen molar-refractivity contribution in [1.82, 2.24) is 15.0 Å². The van der Waals surface area contributed by atoms with E-state index in [1.165, 1.54) is 0 Å². The lowest BCUT2D eigenvalue weighted by atomic mass is 10.4. The Hall–Kier alpha value is -1.67. The van der Waals surface area contributed by atoms with Gasteiger partial charge in [0.1, 0.15) is 6.61 Å². The predicted octanol–water partition coefficient (Wildman–Crippen LogP) is 0.165. The second-order valence-corrected chi connectivity index (χ2v) is 4.14. The van der Waals surface area contributed by atoms with Crippen molar-refractivity contribution in [3.05, 3.63) is 0 Å². The lowest BCUT2D eigenvalue weighted by Gasteiger charge is -2.26. The first-order valence-corrected chi connectivity index (χ1v) is 6.80. The number of aromatic nitrogens is 3. The van der Waals surface area contributed by atoms with Crippen molar-refractivity contribution in [2.75, 3.05) is 63.4 Å². The largest absolute Gasteiger partial charge is 0.461 e. The summed E-state index contributed by atoms with van der Waals surface area (Å²) in [5, 5.41) is 2.92. The molecule has 8 nitrogen and oxygen atoms in total. The van der Waals surface area contributed by atoms with Crippen molar-refractivity contribution in [2.24, 2.45) is 0 Å². The number of anilines is 2. The molecule has 2 heterocycles. The van der Waals surface area contributed by atoms with Crippen LogP contribution in [0.15, 0.2) is 0 Å². The maximum atomic E-state index is 5.50. The first-order chi connectivity index (χ1) is 9.83. The standard InChI is InChI=1S/C12H21N5O3/c1-3-18-8-9-20-12-15-10(13-2)14-11(16-12)17-4-6-19-7-5-17/h3-9H2,1-2H3,(H,13,14,15,16). The zero-order chi connectivity index (χ0) is 14.2. The number of hydrogen-bond donors (Lipinski definition) is 1. The summed E-state index contributed by atoms with van der Waals surface area (Å²) in [5.41, 5.74) is 0. The summed E-state index contributed by atoms with van der Waals surface area (Å²) >= 11 is 0. The van der Waals surface area contributed by atoms with Crippen molar-refractivity contribution in [3.63, 3.8) is 0 Å². The molecule has 20 heavy (non-hydrogen) atoms. The van der Waals surface area contributed by atoms with E-state index in [9.17, 15) is 0 Å². The summed E-state index contributed by atoms with van der Waals surface area (Å²) in [5.74, 6) is 1.10. The molecule has 1 aromatic rings. The van der Waals surface area contributed by atoms with E-state index in [-0.39, 0.29) is 0 Å². The molecule has 0 bridgehead atoms. The Balaban J connectivity index is 2.03. The number of nitrogens with one attached hydrogen (secondary N) is 1. The van der Waals surface area contributed by atoms with Crippen LogP contribution < -0.4 is 15.0 Å². The van der Waals surface area contributed by atoms with E-state index in [0.717, 1.165) is 13.1 Å². The van der Waals surface area contributed by atoms with Gasteiger partial charge in [0.25, 0.3) is 0 Å². The van der Waals surface area contributed by atoms with Gasteiger partial charge in [-0.1, -0.05) is 0 Å².